The first-order valence-corrected chi connectivity index (χ1v) is 9.27. The fourth-order valence-electron chi connectivity index (χ4n) is 3.67. The first-order valence-electron chi connectivity index (χ1n) is 8.89. The maximum Gasteiger partial charge on any atom is 0.254 e. The van der Waals surface area contributed by atoms with Crippen molar-refractivity contribution in [1.82, 2.24) is 9.80 Å². The summed E-state index contributed by atoms with van der Waals surface area (Å²) in [4.78, 5) is 17.2. The summed E-state index contributed by atoms with van der Waals surface area (Å²) < 4.78 is 0. The minimum atomic E-state index is 0.0731. The molecule has 3 rings (SSSR count). The lowest BCUT2D eigenvalue weighted by atomic mass is 10.0. The van der Waals surface area contributed by atoms with E-state index in [1.54, 1.807) is 12.1 Å². The quantitative estimate of drug-likeness (QED) is 0.822. The molecular formula is C21H25ClN2O. The van der Waals surface area contributed by atoms with Gasteiger partial charge in [-0.05, 0) is 44.0 Å². The molecule has 0 N–H and O–H groups in total. The van der Waals surface area contributed by atoms with Gasteiger partial charge in [0.05, 0.1) is 0 Å². The molecule has 1 heterocycles. The molecule has 0 spiro atoms. The average molecular weight is 357 g/mol. The van der Waals surface area contributed by atoms with Crippen LogP contribution in [0.15, 0.2) is 54.6 Å². The van der Waals surface area contributed by atoms with E-state index < -0.39 is 0 Å². The smallest absolute Gasteiger partial charge is 0.254 e. The van der Waals surface area contributed by atoms with Crippen LogP contribution in [0.5, 0.6) is 0 Å². The molecule has 2 atom stereocenters. The van der Waals surface area contributed by atoms with Gasteiger partial charge in [0.2, 0.25) is 0 Å². The van der Waals surface area contributed by atoms with Crippen LogP contribution in [0.1, 0.15) is 29.8 Å². The number of benzene rings is 2. The van der Waals surface area contributed by atoms with Crippen molar-refractivity contribution < 1.29 is 4.79 Å². The molecule has 0 aromatic heterocycles. The maximum atomic E-state index is 12.8. The fourth-order valence-corrected chi connectivity index (χ4v) is 3.86. The van der Waals surface area contributed by atoms with E-state index in [2.05, 4.69) is 49.1 Å². The van der Waals surface area contributed by atoms with Crippen LogP contribution in [0.4, 0.5) is 0 Å². The third-order valence-corrected chi connectivity index (χ3v) is 5.20. The van der Waals surface area contributed by atoms with Gasteiger partial charge in [-0.25, -0.2) is 0 Å². The van der Waals surface area contributed by atoms with Crippen LogP contribution < -0.4 is 0 Å². The number of hydrogen-bond acceptors (Lipinski definition) is 2. The van der Waals surface area contributed by atoms with E-state index in [9.17, 15) is 4.79 Å². The Morgan fingerprint density at radius 2 is 1.72 bits per heavy atom. The Labute approximate surface area is 155 Å². The number of nitrogens with zero attached hydrogens (tertiary/aromatic N) is 2. The van der Waals surface area contributed by atoms with Crippen LogP contribution in [-0.2, 0) is 6.42 Å². The second-order valence-corrected chi connectivity index (χ2v) is 7.33. The Morgan fingerprint density at radius 3 is 2.36 bits per heavy atom. The highest BCUT2D eigenvalue weighted by Crippen LogP contribution is 2.20. The third kappa shape index (κ3) is 4.42. The lowest BCUT2D eigenvalue weighted by molar-refractivity contribution is 0.0311. The Bertz CT molecular complexity index is 707. The van der Waals surface area contributed by atoms with E-state index in [1.165, 1.54) is 5.56 Å². The average Bonchev–Trinajstić information content (AvgIpc) is 2.61. The van der Waals surface area contributed by atoms with Crippen LogP contribution in [-0.4, -0.2) is 47.4 Å². The molecule has 0 saturated carbocycles. The largest absolute Gasteiger partial charge is 0.336 e. The normalized spacial score (nSPS) is 21.3. The fraction of sp³-hybridized carbons (Fsp3) is 0.381. The van der Waals surface area contributed by atoms with Gasteiger partial charge in [0.25, 0.3) is 5.91 Å². The molecule has 0 aliphatic carbocycles. The lowest BCUT2D eigenvalue weighted by Crippen LogP contribution is -2.58. The summed E-state index contributed by atoms with van der Waals surface area (Å²) in [6, 6.07) is 18.5. The highest BCUT2D eigenvalue weighted by Gasteiger charge is 2.31. The molecular weight excluding hydrogens is 332 g/mol. The molecule has 1 fully saturated rings. The standard InChI is InChI=1S/C21H25ClN2O/c1-16-14-23(21(25)19-9-6-10-20(22)13-19)15-17(2)24(16)12-11-18-7-4-3-5-8-18/h3-10,13,16-17H,11-12,14-15H2,1-2H3. The molecule has 2 unspecified atom stereocenters. The number of rotatable bonds is 4. The van der Waals surface area contributed by atoms with Crippen LogP contribution in [0.3, 0.4) is 0 Å². The van der Waals surface area contributed by atoms with Gasteiger partial charge < -0.3 is 4.90 Å². The minimum absolute atomic E-state index is 0.0731. The van der Waals surface area contributed by atoms with Crippen molar-refractivity contribution in [2.45, 2.75) is 32.4 Å². The van der Waals surface area contributed by atoms with Crippen LogP contribution >= 0.6 is 11.6 Å². The van der Waals surface area contributed by atoms with Crippen molar-refractivity contribution in [3.05, 3.63) is 70.7 Å². The van der Waals surface area contributed by atoms with Crippen molar-refractivity contribution in [3.8, 4) is 0 Å². The number of piperazine rings is 1. The van der Waals surface area contributed by atoms with E-state index >= 15 is 0 Å². The van der Waals surface area contributed by atoms with Crippen molar-refractivity contribution in [2.24, 2.45) is 0 Å². The molecule has 1 aliphatic rings. The van der Waals surface area contributed by atoms with Gasteiger partial charge >= 0.3 is 0 Å². The highest BCUT2D eigenvalue weighted by atomic mass is 35.5. The predicted molar refractivity (Wildman–Crippen MR) is 103 cm³/mol. The zero-order valence-corrected chi connectivity index (χ0v) is 15.6. The van der Waals surface area contributed by atoms with Gasteiger partial charge in [-0.2, -0.15) is 0 Å². The topological polar surface area (TPSA) is 23.6 Å². The van der Waals surface area contributed by atoms with E-state index in [-0.39, 0.29) is 5.91 Å². The summed E-state index contributed by atoms with van der Waals surface area (Å²) in [5.74, 6) is 0.0731. The SMILES string of the molecule is CC1CN(C(=O)c2cccc(Cl)c2)CC(C)N1CCc1ccccc1. The number of carbonyl (C=O) groups is 1. The minimum Gasteiger partial charge on any atom is -0.336 e. The van der Waals surface area contributed by atoms with Gasteiger partial charge in [0.15, 0.2) is 0 Å². The Hall–Kier alpha value is -1.84. The zero-order chi connectivity index (χ0) is 17.8. The van der Waals surface area contributed by atoms with Crippen LogP contribution in [0.25, 0.3) is 0 Å². The van der Waals surface area contributed by atoms with E-state index in [4.69, 9.17) is 11.6 Å². The summed E-state index contributed by atoms with van der Waals surface area (Å²) in [5.41, 5.74) is 2.03. The molecule has 2 aromatic carbocycles. The van der Waals surface area contributed by atoms with Crippen molar-refractivity contribution in [3.63, 3.8) is 0 Å². The van der Waals surface area contributed by atoms with Gasteiger partial charge in [-0.15, -0.1) is 0 Å². The predicted octanol–water partition coefficient (Wildman–Crippen LogP) is 4.12. The molecule has 1 amide bonds. The van der Waals surface area contributed by atoms with Crippen LogP contribution in [0.2, 0.25) is 5.02 Å². The molecule has 2 aromatic rings. The molecule has 25 heavy (non-hydrogen) atoms. The molecule has 3 nitrogen and oxygen atoms in total. The third-order valence-electron chi connectivity index (χ3n) is 4.96. The number of carbonyl (C=O) groups excluding carboxylic acids is 1. The van der Waals surface area contributed by atoms with Gasteiger partial charge in [-0.1, -0.05) is 48.0 Å². The van der Waals surface area contributed by atoms with E-state index in [0.29, 0.717) is 22.7 Å². The molecule has 1 aliphatic heterocycles. The molecule has 0 radical (unpaired) electrons. The number of amides is 1. The molecule has 0 bridgehead atoms. The monoisotopic (exact) mass is 356 g/mol. The van der Waals surface area contributed by atoms with Crippen molar-refractivity contribution in [2.75, 3.05) is 19.6 Å². The zero-order valence-electron chi connectivity index (χ0n) is 14.9. The summed E-state index contributed by atoms with van der Waals surface area (Å²) in [5, 5.41) is 0.605. The molecule has 132 valence electrons. The first-order chi connectivity index (χ1) is 12.0. The number of hydrogen-bond donors (Lipinski definition) is 0. The Balaban J connectivity index is 1.62. The van der Waals surface area contributed by atoms with E-state index in [0.717, 1.165) is 26.1 Å². The Morgan fingerprint density at radius 1 is 1.04 bits per heavy atom. The molecule has 1 saturated heterocycles. The second kappa shape index (κ2) is 8.03. The summed E-state index contributed by atoms with van der Waals surface area (Å²) in [6.07, 6.45) is 1.04. The van der Waals surface area contributed by atoms with Gasteiger partial charge in [0.1, 0.15) is 0 Å². The highest BCUT2D eigenvalue weighted by molar-refractivity contribution is 6.30. The summed E-state index contributed by atoms with van der Waals surface area (Å²) >= 11 is 6.03. The van der Waals surface area contributed by atoms with Gasteiger partial charge in [0, 0.05) is 42.3 Å². The Kier molecular flexibility index (Phi) is 5.77. The summed E-state index contributed by atoms with van der Waals surface area (Å²) in [6.45, 7) is 6.94. The molecule has 4 heteroatoms. The van der Waals surface area contributed by atoms with Crippen LogP contribution in [0, 0.1) is 0 Å². The van der Waals surface area contributed by atoms with Crippen molar-refractivity contribution in [1.29, 1.82) is 0 Å². The summed E-state index contributed by atoms with van der Waals surface area (Å²) in [7, 11) is 0. The van der Waals surface area contributed by atoms with Gasteiger partial charge in [-0.3, -0.25) is 9.69 Å². The maximum absolute atomic E-state index is 12.8. The number of halogens is 1. The lowest BCUT2D eigenvalue weighted by Gasteiger charge is -2.44. The van der Waals surface area contributed by atoms with Crippen molar-refractivity contribution >= 4 is 17.5 Å². The first kappa shape index (κ1) is 18.0. The van der Waals surface area contributed by atoms with E-state index in [1.807, 2.05) is 17.0 Å². The second-order valence-electron chi connectivity index (χ2n) is 6.89.